The van der Waals surface area contributed by atoms with E-state index >= 15 is 0 Å². The van der Waals surface area contributed by atoms with Gasteiger partial charge in [-0.25, -0.2) is 15.1 Å². The molecule has 0 saturated carbocycles. The van der Waals surface area contributed by atoms with Crippen molar-refractivity contribution < 1.29 is 19.5 Å². The lowest BCUT2D eigenvalue weighted by Gasteiger charge is -2.20. The Hall–Kier alpha value is -2.15. The maximum absolute atomic E-state index is 11.6. The van der Waals surface area contributed by atoms with Crippen molar-refractivity contribution in [1.82, 2.24) is 15.4 Å². The largest absolute Gasteiger partial charge is 0.479 e. The van der Waals surface area contributed by atoms with Crippen molar-refractivity contribution in [2.24, 2.45) is 0 Å². The minimum Gasteiger partial charge on any atom is -0.479 e. The average molecular weight is 253 g/mol. The number of hydroxylamine groups is 1. The summed E-state index contributed by atoms with van der Waals surface area (Å²) in [5, 5.41) is 8.36. The number of carbonyl (C=O) groups is 2. The van der Waals surface area contributed by atoms with Crippen LogP contribution < -0.4 is 5.48 Å². The van der Waals surface area contributed by atoms with Gasteiger partial charge in [0.2, 0.25) is 0 Å². The molecule has 0 aliphatic carbocycles. The number of carbonyl (C=O) groups excluding carboxylic acids is 1. The van der Waals surface area contributed by atoms with Gasteiger partial charge < -0.3 is 10.0 Å². The molecule has 2 N–H and O–H groups in total. The first-order valence-electron chi connectivity index (χ1n) is 5.41. The van der Waals surface area contributed by atoms with Crippen LogP contribution in [-0.4, -0.2) is 40.1 Å². The molecule has 0 spiro atoms. The molecule has 1 rings (SSSR count). The van der Waals surface area contributed by atoms with Gasteiger partial charge in [-0.2, -0.15) is 0 Å². The Balaban J connectivity index is 2.45. The monoisotopic (exact) mass is 253 g/mol. The Bertz CT molecular complexity index is 397. The van der Waals surface area contributed by atoms with Crippen LogP contribution in [0.4, 0.5) is 4.79 Å². The summed E-state index contributed by atoms with van der Waals surface area (Å²) in [6.07, 6.45) is 3.28. The first-order valence-corrected chi connectivity index (χ1v) is 5.41. The second-order valence-corrected chi connectivity index (χ2v) is 3.46. The van der Waals surface area contributed by atoms with Crippen molar-refractivity contribution in [3.8, 4) is 0 Å². The molecule has 0 aliphatic heterocycles. The molecule has 0 aromatic carbocycles. The van der Waals surface area contributed by atoms with Gasteiger partial charge in [-0.1, -0.05) is 0 Å². The maximum atomic E-state index is 11.6. The quantitative estimate of drug-likeness (QED) is 0.725. The second kappa shape index (κ2) is 7.23. The number of rotatable bonds is 6. The number of aliphatic carboxylic acids is 1. The van der Waals surface area contributed by atoms with Gasteiger partial charge in [0.25, 0.3) is 0 Å². The van der Waals surface area contributed by atoms with Gasteiger partial charge in [0.05, 0.1) is 0 Å². The summed E-state index contributed by atoms with van der Waals surface area (Å²) < 4.78 is 0. The molecule has 0 fully saturated rings. The molecule has 1 heterocycles. The van der Waals surface area contributed by atoms with Crippen molar-refractivity contribution in [1.29, 1.82) is 0 Å². The van der Waals surface area contributed by atoms with Crippen molar-refractivity contribution >= 4 is 12.0 Å². The van der Waals surface area contributed by atoms with Gasteiger partial charge in [-0.15, -0.1) is 0 Å². The van der Waals surface area contributed by atoms with E-state index in [-0.39, 0.29) is 0 Å². The summed E-state index contributed by atoms with van der Waals surface area (Å²) in [4.78, 5) is 31.7. The standard InChI is InChI=1S/C11H15N3O4/c1-2-14(7-9-3-5-12-6-4-9)11(17)13-18-8-10(15)16/h3-6H,2,7-8H2,1H3,(H,13,17)(H,15,16). The molecule has 7 nitrogen and oxygen atoms in total. The van der Waals surface area contributed by atoms with E-state index in [2.05, 4.69) is 15.3 Å². The molecule has 7 heteroatoms. The van der Waals surface area contributed by atoms with Gasteiger partial charge in [-0.05, 0) is 24.6 Å². The topological polar surface area (TPSA) is 91.8 Å². The SMILES string of the molecule is CCN(Cc1ccncc1)C(=O)NOCC(=O)O. The number of aromatic nitrogens is 1. The van der Waals surface area contributed by atoms with Crippen LogP contribution in [0.3, 0.4) is 0 Å². The molecule has 0 bridgehead atoms. The summed E-state index contributed by atoms with van der Waals surface area (Å²) in [5.41, 5.74) is 3.01. The molecule has 0 unspecified atom stereocenters. The molecule has 0 radical (unpaired) electrons. The number of urea groups is 1. The van der Waals surface area contributed by atoms with Crippen LogP contribution >= 0.6 is 0 Å². The number of carboxylic acids is 1. The fraction of sp³-hybridized carbons (Fsp3) is 0.364. The highest BCUT2D eigenvalue weighted by Crippen LogP contribution is 2.03. The maximum Gasteiger partial charge on any atom is 0.341 e. The molecule has 18 heavy (non-hydrogen) atoms. The summed E-state index contributed by atoms with van der Waals surface area (Å²) >= 11 is 0. The van der Waals surface area contributed by atoms with E-state index in [1.165, 1.54) is 4.90 Å². The molecule has 1 aromatic rings. The molecular weight excluding hydrogens is 238 g/mol. The molecule has 0 saturated heterocycles. The molecule has 0 aliphatic rings. The van der Waals surface area contributed by atoms with E-state index in [4.69, 9.17) is 5.11 Å². The predicted molar refractivity (Wildman–Crippen MR) is 62.4 cm³/mol. The molecular formula is C11H15N3O4. The number of amides is 2. The summed E-state index contributed by atoms with van der Waals surface area (Å²) in [7, 11) is 0. The van der Waals surface area contributed by atoms with Crippen LogP contribution in [-0.2, 0) is 16.2 Å². The van der Waals surface area contributed by atoms with E-state index in [0.29, 0.717) is 13.1 Å². The third kappa shape index (κ3) is 4.79. The fourth-order valence-corrected chi connectivity index (χ4v) is 1.26. The Morgan fingerprint density at radius 1 is 1.44 bits per heavy atom. The minimum absolute atomic E-state index is 0.404. The Morgan fingerprint density at radius 3 is 2.67 bits per heavy atom. The normalized spacial score (nSPS) is 9.83. The Labute approximate surface area is 104 Å². The zero-order valence-corrected chi connectivity index (χ0v) is 10.00. The van der Waals surface area contributed by atoms with Gasteiger partial charge >= 0.3 is 12.0 Å². The fourth-order valence-electron chi connectivity index (χ4n) is 1.26. The highest BCUT2D eigenvalue weighted by molar-refractivity contribution is 5.73. The van der Waals surface area contributed by atoms with Crippen LogP contribution in [0.5, 0.6) is 0 Å². The Morgan fingerprint density at radius 2 is 2.11 bits per heavy atom. The molecule has 0 atom stereocenters. The van der Waals surface area contributed by atoms with Gasteiger partial charge in [0.15, 0.2) is 6.61 Å². The van der Waals surface area contributed by atoms with Crippen LogP contribution in [0.2, 0.25) is 0 Å². The lowest BCUT2D eigenvalue weighted by atomic mass is 10.2. The van der Waals surface area contributed by atoms with Crippen molar-refractivity contribution in [3.63, 3.8) is 0 Å². The highest BCUT2D eigenvalue weighted by atomic mass is 16.7. The highest BCUT2D eigenvalue weighted by Gasteiger charge is 2.12. The minimum atomic E-state index is -1.15. The summed E-state index contributed by atoms with van der Waals surface area (Å²) in [6.45, 7) is 2.13. The zero-order chi connectivity index (χ0) is 13.4. The number of pyridine rings is 1. The number of nitrogens with one attached hydrogen (secondary N) is 1. The van der Waals surface area contributed by atoms with E-state index < -0.39 is 18.6 Å². The smallest absolute Gasteiger partial charge is 0.341 e. The third-order valence-electron chi connectivity index (χ3n) is 2.15. The number of hydrogen-bond acceptors (Lipinski definition) is 4. The van der Waals surface area contributed by atoms with Crippen molar-refractivity contribution in [3.05, 3.63) is 30.1 Å². The van der Waals surface area contributed by atoms with Crippen LogP contribution in [0, 0.1) is 0 Å². The number of hydrogen-bond donors (Lipinski definition) is 2. The van der Waals surface area contributed by atoms with E-state index in [1.54, 1.807) is 24.5 Å². The summed E-state index contributed by atoms with van der Waals surface area (Å²) in [5.74, 6) is -1.15. The van der Waals surface area contributed by atoms with Crippen LogP contribution in [0.15, 0.2) is 24.5 Å². The molecule has 1 aromatic heterocycles. The van der Waals surface area contributed by atoms with Crippen molar-refractivity contribution in [2.75, 3.05) is 13.2 Å². The third-order valence-corrected chi connectivity index (χ3v) is 2.15. The number of nitrogens with zero attached hydrogens (tertiary/aromatic N) is 2. The number of carboxylic acid groups (broad SMARTS) is 1. The van der Waals surface area contributed by atoms with Gasteiger partial charge in [0.1, 0.15) is 0 Å². The lowest BCUT2D eigenvalue weighted by Crippen LogP contribution is -2.40. The lowest BCUT2D eigenvalue weighted by molar-refractivity contribution is -0.144. The second-order valence-electron chi connectivity index (χ2n) is 3.46. The summed E-state index contributed by atoms with van der Waals surface area (Å²) in [6, 6.07) is 3.12. The average Bonchev–Trinajstić information content (AvgIpc) is 2.36. The first-order chi connectivity index (χ1) is 8.63. The van der Waals surface area contributed by atoms with Gasteiger partial charge in [-0.3, -0.25) is 9.82 Å². The predicted octanol–water partition coefficient (Wildman–Crippen LogP) is 0.629. The van der Waals surface area contributed by atoms with Crippen molar-refractivity contribution in [2.45, 2.75) is 13.5 Å². The molecule has 2 amide bonds. The molecule has 98 valence electrons. The van der Waals surface area contributed by atoms with Crippen LogP contribution in [0.25, 0.3) is 0 Å². The van der Waals surface area contributed by atoms with Gasteiger partial charge in [0, 0.05) is 25.5 Å². The van der Waals surface area contributed by atoms with E-state index in [0.717, 1.165) is 5.56 Å². The van der Waals surface area contributed by atoms with E-state index in [9.17, 15) is 9.59 Å². The zero-order valence-electron chi connectivity index (χ0n) is 10.00. The first kappa shape index (κ1) is 13.9. The van der Waals surface area contributed by atoms with E-state index in [1.807, 2.05) is 6.92 Å². The Kier molecular flexibility index (Phi) is 5.59. The van der Waals surface area contributed by atoms with Crippen LogP contribution in [0.1, 0.15) is 12.5 Å².